The van der Waals surface area contributed by atoms with E-state index in [1.807, 2.05) is 24.3 Å². The van der Waals surface area contributed by atoms with Crippen molar-refractivity contribution < 1.29 is 18.8 Å². The second-order valence-electron chi connectivity index (χ2n) is 4.89. The van der Waals surface area contributed by atoms with Gasteiger partial charge in [0, 0.05) is 11.0 Å². The second-order valence-corrected chi connectivity index (χ2v) is 6.13. The minimum absolute atomic E-state index is 0.0155. The highest BCUT2D eigenvalue weighted by atomic mass is 32.2. The lowest BCUT2D eigenvalue weighted by Crippen LogP contribution is -2.31. The maximum atomic E-state index is 12.0. The van der Waals surface area contributed by atoms with Gasteiger partial charge in [-0.2, -0.15) is 0 Å². The lowest BCUT2D eigenvalue weighted by molar-refractivity contribution is -0.145. The van der Waals surface area contributed by atoms with E-state index in [9.17, 15) is 9.59 Å². The molecule has 1 aliphatic rings. The number of ether oxygens (including phenoxy) is 1. The van der Waals surface area contributed by atoms with Crippen LogP contribution >= 0.6 is 11.8 Å². The number of amides is 1. The number of nitrogens with one attached hydrogen (secondary N) is 1. The average molecular weight is 318 g/mol. The Morgan fingerprint density at radius 2 is 2.27 bits per heavy atom. The topological polar surface area (TPSA) is 81.4 Å². The van der Waals surface area contributed by atoms with E-state index < -0.39 is 11.2 Å². The number of carbonyl (C=O) groups excluding carboxylic acids is 2. The molecule has 1 aromatic heterocycles. The van der Waals surface area contributed by atoms with Gasteiger partial charge in [0.25, 0.3) is 0 Å². The highest BCUT2D eigenvalue weighted by Gasteiger charge is 2.29. The molecule has 6 nitrogen and oxygen atoms in total. The van der Waals surface area contributed by atoms with Crippen molar-refractivity contribution in [3.63, 3.8) is 0 Å². The number of carbonyl (C=O) groups is 2. The second kappa shape index (κ2) is 6.23. The summed E-state index contributed by atoms with van der Waals surface area (Å²) in [4.78, 5) is 24.8. The predicted molar refractivity (Wildman–Crippen MR) is 80.4 cm³/mol. The number of thioether (sulfide) groups is 1. The van der Waals surface area contributed by atoms with Gasteiger partial charge < -0.3 is 14.6 Å². The first-order chi connectivity index (χ1) is 10.6. The molecule has 22 heavy (non-hydrogen) atoms. The Hall–Kier alpha value is -2.28. The summed E-state index contributed by atoms with van der Waals surface area (Å²) in [7, 11) is 0. The van der Waals surface area contributed by atoms with Crippen molar-refractivity contribution in [3.05, 3.63) is 41.8 Å². The van der Waals surface area contributed by atoms with E-state index in [0.717, 1.165) is 10.6 Å². The average Bonchev–Trinajstić information content (AvgIpc) is 2.91. The van der Waals surface area contributed by atoms with E-state index >= 15 is 0 Å². The highest BCUT2D eigenvalue weighted by molar-refractivity contribution is 8.01. The van der Waals surface area contributed by atoms with Crippen molar-refractivity contribution in [1.29, 1.82) is 0 Å². The van der Waals surface area contributed by atoms with E-state index in [1.165, 1.54) is 11.8 Å². The molecular weight excluding hydrogens is 304 g/mol. The fourth-order valence-corrected chi connectivity index (χ4v) is 3.17. The lowest BCUT2D eigenvalue weighted by Gasteiger charge is -2.23. The molecule has 0 bridgehead atoms. The van der Waals surface area contributed by atoms with E-state index in [-0.39, 0.29) is 18.9 Å². The van der Waals surface area contributed by atoms with E-state index in [4.69, 9.17) is 9.26 Å². The Labute approximate surface area is 131 Å². The van der Waals surface area contributed by atoms with Crippen LogP contribution in [0.15, 0.2) is 39.8 Å². The number of aryl methyl sites for hydroxylation is 1. The summed E-state index contributed by atoms with van der Waals surface area (Å²) in [5.41, 5.74) is 1.33. The highest BCUT2D eigenvalue weighted by Crippen LogP contribution is 2.36. The van der Waals surface area contributed by atoms with Crippen LogP contribution in [0, 0.1) is 6.92 Å². The maximum Gasteiger partial charge on any atom is 0.307 e. The Morgan fingerprint density at radius 3 is 3.05 bits per heavy atom. The molecule has 0 aliphatic carbocycles. The molecular formula is C15H14N2O4S. The van der Waals surface area contributed by atoms with E-state index in [0.29, 0.717) is 11.5 Å². The zero-order valence-electron chi connectivity index (χ0n) is 11.9. The standard InChI is InChI=1S/C15H14N2O4S/c1-9-6-10(17-21-9)8-20-14(18)7-13-15(19)16-11-4-2-3-5-12(11)22-13/h2-6,13H,7-8H2,1H3,(H,16,19)/t13-/m0/s1. The molecule has 1 amide bonds. The molecule has 7 heteroatoms. The van der Waals surface area contributed by atoms with Crippen LogP contribution in [0.25, 0.3) is 0 Å². The van der Waals surface area contributed by atoms with Crippen molar-refractivity contribution in [1.82, 2.24) is 5.16 Å². The molecule has 0 saturated carbocycles. The van der Waals surface area contributed by atoms with Crippen molar-refractivity contribution >= 4 is 29.3 Å². The van der Waals surface area contributed by atoms with Crippen molar-refractivity contribution in [3.8, 4) is 0 Å². The molecule has 1 atom stereocenters. The number of aromatic nitrogens is 1. The summed E-state index contributed by atoms with van der Waals surface area (Å²) in [5, 5.41) is 6.06. The third-order valence-corrected chi connectivity index (χ3v) is 4.39. The number of esters is 1. The first-order valence-electron chi connectivity index (χ1n) is 6.76. The predicted octanol–water partition coefficient (Wildman–Crippen LogP) is 2.53. The molecule has 1 N–H and O–H groups in total. The lowest BCUT2D eigenvalue weighted by atomic mass is 10.2. The molecule has 2 aromatic rings. The minimum Gasteiger partial charge on any atom is -0.459 e. The van der Waals surface area contributed by atoms with Gasteiger partial charge in [-0.15, -0.1) is 11.8 Å². The smallest absolute Gasteiger partial charge is 0.307 e. The largest absolute Gasteiger partial charge is 0.459 e. The number of hydrogen-bond donors (Lipinski definition) is 1. The van der Waals surface area contributed by atoms with Crippen molar-refractivity contribution in [2.75, 3.05) is 5.32 Å². The molecule has 0 fully saturated rings. The van der Waals surface area contributed by atoms with Crippen LogP contribution in [-0.4, -0.2) is 22.3 Å². The molecule has 0 unspecified atom stereocenters. The number of fused-ring (bicyclic) bond motifs is 1. The van der Waals surface area contributed by atoms with Gasteiger partial charge in [0.05, 0.1) is 17.4 Å². The molecule has 0 spiro atoms. The van der Waals surface area contributed by atoms with Crippen LogP contribution in [0.1, 0.15) is 17.9 Å². The van der Waals surface area contributed by atoms with Crippen LogP contribution in [0.4, 0.5) is 5.69 Å². The first kappa shape index (κ1) is 14.6. The van der Waals surface area contributed by atoms with E-state index in [2.05, 4.69) is 10.5 Å². The fraction of sp³-hybridized carbons (Fsp3) is 0.267. The zero-order valence-corrected chi connectivity index (χ0v) is 12.7. The number of nitrogens with zero attached hydrogens (tertiary/aromatic N) is 1. The quantitative estimate of drug-likeness (QED) is 0.872. The normalized spacial score (nSPS) is 16.8. The first-order valence-corrected chi connectivity index (χ1v) is 7.64. The van der Waals surface area contributed by atoms with Crippen LogP contribution in [0.5, 0.6) is 0 Å². The van der Waals surface area contributed by atoms with Gasteiger partial charge >= 0.3 is 5.97 Å². The molecule has 2 heterocycles. The Bertz CT molecular complexity index is 713. The maximum absolute atomic E-state index is 12.0. The Balaban J connectivity index is 1.56. The van der Waals surface area contributed by atoms with Gasteiger partial charge in [-0.25, -0.2) is 0 Å². The Morgan fingerprint density at radius 1 is 1.45 bits per heavy atom. The number of benzene rings is 1. The third kappa shape index (κ3) is 3.30. The monoisotopic (exact) mass is 318 g/mol. The van der Waals surface area contributed by atoms with Gasteiger partial charge in [-0.3, -0.25) is 9.59 Å². The van der Waals surface area contributed by atoms with Crippen LogP contribution in [0.3, 0.4) is 0 Å². The number of anilines is 1. The van der Waals surface area contributed by atoms with Gasteiger partial charge in [-0.1, -0.05) is 17.3 Å². The molecule has 3 rings (SSSR count). The van der Waals surface area contributed by atoms with Gasteiger partial charge in [-0.05, 0) is 19.1 Å². The van der Waals surface area contributed by atoms with E-state index in [1.54, 1.807) is 13.0 Å². The summed E-state index contributed by atoms with van der Waals surface area (Å²) in [6, 6.07) is 9.20. The molecule has 0 radical (unpaired) electrons. The molecule has 1 aliphatic heterocycles. The Kier molecular flexibility index (Phi) is 4.15. The van der Waals surface area contributed by atoms with Crippen molar-refractivity contribution in [2.24, 2.45) is 0 Å². The summed E-state index contributed by atoms with van der Waals surface area (Å²) >= 11 is 1.37. The summed E-state index contributed by atoms with van der Waals surface area (Å²) in [6.07, 6.45) is 0.0155. The summed E-state index contributed by atoms with van der Waals surface area (Å²) in [5.74, 6) is 0.0375. The third-order valence-electron chi connectivity index (χ3n) is 3.12. The fourth-order valence-electron chi connectivity index (χ4n) is 2.08. The van der Waals surface area contributed by atoms with Crippen LogP contribution in [0.2, 0.25) is 0 Å². The van der Waals surface area contributed by atoms with Gasteiger partial charge in [0.1, 0.15) is 18.1 Å². The van der Waals surface area contributed by atoms with Crippen LogP contribution < -0.4 is 5.32 Å². The van der Waals surface area contributed by atoms with Gasteiger partial charge in [0.2, 0.25) is 5.91 Å². The number of para-hydroxylation sites is 1. The molecule has 1 aromatic carbocycles. The SMILES string of the molecule is Cc1cc(COC(=O)C[C@@H]2Sc3ccccc3NC2=O)no1. The summed E-state index contributed by atoms with van der Waals surface area (Å²) in [6.45, 7) is 1.81. The minimum atomic E-state index is -0.485. The van der Waals surface area contributed by atoms with Crippen molar-refractivity contribution in [2.45, 2.75) is 30.1 Å². The number of rotatable bonds is 4. The molecule has 114 valence electrons. The number of hydrogen-bond acceptors (Lipinski definition) is 6. The van der Waals surface area contributed by atoms with Crippen LogP contribution in [-0.2, 0) is 20.9 Å². The summed E-state index contributed by atoms with van der Waals surface area (Å²) < 4.78 is 10.0. The van der Waals surface area contributed by atoms with Gasteiger partial charge in [0.15, 0.2) is 0 Å². The zero-order chi connectivity index (χ0) is 15.5. The molecule has 0 saturated heterocycles.